The minimum atomic E-state index is -0.962. The van der Waals surface area contributed by atoms with E-state index in [0.29, 0.717) is 11.3 Å². The Morgan fingerprint density at radius 3 is 2.55 bits per heavy atom. The maximum absolute atomic E-state index is 11.6. The van der Waals surface area contributed by atoms with Gasteiger partial charge in [0.15, 0.2) is 0 Å². The van der Waals surface area contributed by atoms with Crippen LogP contribution in [-0.2, 0) is 0 Å². The van der Waals surface area contributed by atoms with Gasteiger partial charge in [-0.1, -0.05) is 30.3 Å². The third-order valence-electron chi connectivity index (χ3n) is 4.13. The predicted octanol–water partition coefficient (Wildman–Crippen LogP) is 3.21. The molecule has 0 amide bonds. The minimum Gasteiger partial charge on any atom is -0.478 e. The molecule has 4 heteroatoms. The summed E-state index contributed by atoms with van der Waals surface area (Å²) in [5.74, 6) is -0.962. The highest BCUT2D eigenvalue weighted by molar-refractivity contribution is 5.99. The Labute approximate surface area is 128 Å². The van der Waals surface area contributed by atoms with Crippen molar-refractivity contribution >= 4 is 17.2 Å². The molecule has 0 saturated carbocycles. The first-order valence-electron chi connectivity index (χ1n) is 7.08. The van der Waals surface area contributed by atoms with E-state index in [4.69, 9.17) is 0 Å². The Bertz CT molecular complexity index is 793. The summed E-state index contributed by atoms with van der Waals surface area (Å²) < 4.78 is 0. The zero-order valence-electron chi connectivity index (χ0n) is 12.4. The molecule has 1 unspecified atom stereocenters. The smallest absolute Gasteiger partial charge is 0.338 e. The highest BCUT2D eigenvalue weighted by Crippen LogP contribution is 2.40. The van der Waals surface area contributed by atoms with E-state index in [1.165, 1.54) is 0 Å². The number of benzene rings is 2. The van der Waals surface area contributed by atoms with Gasteiger partial charge in [-0.3, -0.25) is 0 Å². The van der Waals surface area contributed by atoms with E-state index in [1.54, 1.807) is 26.1 Å². The number of hydrogen-bond acceptors (Lipinski definition) is 3. The molecule has 0 saturated heterocycles. The second kappa shape index (κ2) is 5.31. The van der Waals surface area contributed by atoms with Crippen molar-refractivity contribution in [1.82, 2.24) is 0 Å². The Kier molecular flexibility index (Phi) is 3.47. The number of fused-ring (bicyclic) bond motifs is 1. The molecule has 0 heterocycles. The molecule has 2 aromatic carbocycles. The lowest BCUT2D eigenvalue weighted by atomic mass is 9.92. The number of aliphatic hydroxyl groups excluding tert-OH is 1. The number of anilines is 1. The minimum absolute atomic E-state index is 0.264. The molecule has 1 atom stereocenters. The van der Waals surface area contributed by atoms with Gasteiger partial charge in [-0.15, -0.1) is 0 Å². The van der Waals surface area contributed by atoms with Crippen molar-refractivity contribution in [1.29, 1.82) is 0 Å². The zero-order chi connectivity index (χ0) is 15.9. The van der Waals surface area contributed by atoms with E-state index in [-0.39, 0.29) is 5.56 Å². The predicted molar refractivity (Wildman–Crippen MR) is 86.2 cm³/mol. The van der Waals surface area contributed by atoms with Crippen LogP contribution < -0.4 is 5.32 Å². The molecule has 3 rings (SSSR count). The van der Waals surface area contributed by atoms with Crippen LogP contribution in [0.25, 0.3) is 5.57 Å². The van der Waals surface area contributed by atoms with Gasteiger partial charge in [0.05, 0.1) is 11.7 Å². The lowest BCUT2D eigenvalue weighted by Gasteiger charge is -2.15. The molecule has 0 aliphatic heterocycles. The summed E-state index contributed by atoms with van der Waals surface area (Å²) in [6.07, 6.45) is 1.13. The fraction of sp³-hybridized carbons (Fsp3) is 0.167. The van der Waals surface area contributed by atoms with E-state index in [9.17, 15) is 15.0 Å². The van der Waals surface area contributed by atoms with Crippen LogP contribution in [0.3, 0.4) is 0 Å². The maximum atomic E-state index is 11.6. The Morgan fingerprint density at radius 1 is 1.14 bits per heavy atom. The molecule has 4 nitrogen and oxygen atoms in total. The maximum Gasteiger partial charge on any atom is 0.338 e. The first-order valence-corrected chi connectivity index (χ1v) is 7.08. The number of carboxylic acid groups (broad SMARTS) is 1. The standard InChI is InChI=1S/C18H17NO3/c1-10-11(7-8-15(19-2)17(10)18(21)22)14-9-16(20)13-6-4-3-5-12(13)14/h3-9,16,19-20H,1-2H3,(H,21,22). The van der Waals surface area contributed by atoms with Crippen molar-refractivity contribution < 1.29 is 15.0 Å². The van der Waals surface area contributed by atoms with Crippen LogP contribution in [0.5, 0.6) is 0 Å². The number of hydrogen-bond donors (Lipinski definition) is 3. The highest BCUT2D eigenvalue weighted by atomic mass is 16.4. The number of aliphatic hydroxyl groups is 1. The van der Waals surface area contributed by atoms with E-state index in [2.05, 4.69) is 5.32 Å². The summed E-state index contributed by atoms with van der Waals surface area (Å²) in [6.45, 7) is 1.80. The second-order valence-electron chi connectivity index (χ2n) is 5.33. The Morgan fingerprint density at radius 2 is 1.86 bits per heavy atom. The lowest BCUT2D eigenvalue weighted by Crippen LogP contribution is -2.07. The van der Waals surface area contributed by atoms with E-state index < -0.39 is 12.1 Å². The normalized spacial score (nSPS) is 16.1. The van der Waals surface area contributed by atoms with Crippen molar-refractivity contribution in [3.05, 3.63) is 70.3 Å². The SMILES string of the molecule is CNc1ccc(C2=CC(O)c3ccccc32)c(C)c1C(=O)O. The third-order valence-corrected chi connectivity index (χ3v) is 4.13. The van der Waals surface area contributed by atoms with E-state index >= 15 is 0 Å². The quantitative estimate of drug-likeness (QED) is 0.813. The Hall–Kier alpha value is -2.59. The number of carbonyl (C=O) groups is 1. The van der Waals surface area contributed by atoms with Crippen LogP contribution in [0.1, 0.15) is 38.7 Å². The molecule has 0 spiro atoms. The van der Waals surface area contributed by atoms with Crippen LogP contribution in [0, 0.1) is 6.92 Å². The fourth-order valence-corrected chi connectivity index (χ4v) is 3.06. The average Bonchev–Trinajstić information content (AvgIpc) is 2.84. The van der Waals surface area contributed by atoms with Gasteiger partial charge >= 0.3 is 5.97 Å². The van der Waals surface area contributed by atoms with Gasteiger partial charge in [0.25, 0.3) is 0 Å². The zero-order valence-corrected chi connectivity index (χ0v) is 12.4. The summed E-state index contributed by atoms with van der Waals surface area (Å²) in [4.78, 5) is 11.6. The number of nitrogens with one attached hydrogen (secondary N) is 1. The Balaban J connectivity index is 2.21. The summed E-state index contributed by atoms with van der Waals surface area (Å²) in [6, 6.07) is 11.3. The topological polar surface area (TPSA) is 69.6 Å². The summed E-state index contributed by atoms with van der Waals surface area (Å²) in [7, 11) is 1.70. The van der Waals surface area contributed by atoms with Crippen LogP contribution >= 0.6 is 0 Å². The molecule has 112 valence electrons. The molecular formula is C18H17NO3. The lowest BCUT2D eigenvalue weighted by molar-refractivity contribution is 0.0697. The van der Waals surface area contributed by atoms with E-state index in [1.807, 2.05) is 30.3 Å². The third kappa shape index (κ3) is 2.09. The molecule has 0 bridgehead atoms. The van der Waals surface area contributed by atoms with Gasteiger partial charge < -0.3 is 15.5 Å². The molecule has 0 radical (unpaired) electrons. The second-order valence-corrected chi connectivity index (χ2v) is 5.33. The summed E-state index contributed by atoms with van der Waals surface area (Å²) in [5, 5.41) is 22.6. The molecule has 2 aromatic rings. The number of carboxylic acids is 1. The van der Waals surface area contributed by atoms with Crippen LogP contribution in [-0.4, -0.2) is 23.2 Å². The van der Waals surface area contributed by atoms with Gasteiger partial charge in [-0.25, -0.2) is 4.79 Å². The number of rotatable bonds is 3. The molecule has 1 aliphatic carbocycles. The molecule has 3 N–H and O–H groups in total. The van der Waals surface area contributed by atoms with Crippen molar-refractivity contribution in [3.63, 3.8) is 0 Å². The van der Waals surface area contributed by atoms with Gasteiger partial charge in [0.1, 0.15) is 0 Å². The highest BCUT2D eigenvalue weighted by Gasteiger charge is 2.25. The average molecular weight is 295 g/mol. The largest absolute Gasteiger partial charge is 0.478 e. The fourth-order valence-electron chi connectivity index (χ4n) is 3.06. The number of aromatic carboxylic acids is 1. The molecular weight excluding hydrogens is 278 g/mol. The van der Waals surface area contributed by atoms with Gasteiger partial charge in [0, 0.05) is 12.7 Å². The monoisotopic (exact) mass is 295 g/mol. The van der Waals surface area contributed by atoms with Crippen molar-refractivity contribution in [2.75, 3.05) is 12.4 Å². The van der Waals surface area contributed by atoms with Crippen LogP contribution in [0.2, 0.25) is 0 Å². The van der Waals surface area contributed by atoms with Gasteiger partial charge in [0.2, 0.25) is 0 Å². The first-order chi connectivity index (χ1) is 10.5. The molecule has 1 aliphatic rings. The van der Waals surface area contributed by atoms with Crippen LogP contribution in [0.4, 0.5) is 5.69 Å². The summed E-state index contributed by atoms with van der Waals surface area (Å²) in [5.41, 5.74) is 5.06. The molecule has 22 heavy (non-hydrogen) atoms. The molecule has 0 aromatic heterocycles. The van der Waals surface area contributed by atoms with Crippen molar-refractivity contribution in [2.45, 2.75) is 13.0 Å². The first kappa shape index (κ1) is 14.4. The van der Waals surface area contributed by atoms with Gasteiger partial charge in [-0.2, -0.15) is 0 Å². The molecule has 0 fully saturated rings. The van der Waals surface area contributed by atoms with E-state index in [0.717, 1.165) is 22.3 Å². The summed E-state index contributed by atoms with van der Waals surface area (Å²) >= 11 is 0. The van der Waals surface area contributed by atoms with Crippen molar-refractivity contribution in [3.8, 4) is 0 Å². The van der Waals surface area contributed by atoms with Crippen molar-refractivity contribution in [2.24, 2.45) is 0 Å². The van der Waals surface area contributed by atoms with Crippen LogP contribution in [0.15, 0.2) is 42.5 Å². The van der Waals surface area contributed by atoms with Gasteiger partial charge in [-0.05, 0) is 46.9 Å².